The van der Waals surface area contributed by atoms with E-state index in [-0.39, 0.29) is 5.69 Å². The lowest BCUT2D eigenvalue weighted by atomic mass is 10.1. The number of esters is 1. The van der Waals surface area contributed by atoms with Crippen molar-refractivity contribution in [2.24, 2.45) is 0 Å². The minimum Gasteiger partial charge on any atom is -0.448 e. The zero-order valence-corrected chi connectivity index (χ0v) is 14.2. The van der Waals surface area contributed by atoms with Gasteiger partial charge >= 0.3 is 5.97 Å². The Morgan fingerprint density at radius 2 is 1.79 bits per heavy atom. The van der Waals surface area contributed by atoms with Gasteiger partial charge in [0.25, 0.3) is 5.91 Å². The first-order valence-electron chi connectivity index (χ1n) is 7.75. The Kier molecular flexibility index (Phi) is 5.41. The Morgan fingerprint density at radius 1 is 1.17 bits per heavy atom. The second kappa shape index (κ2) is 7.31. The lowest BCUT2D eigenvalue weighted by Gasteiger charge is -2.13. The van der Waals surface area contributed by atoms with E-state index in [2.05, 4.69) is 10.3 Å². The molecule has 1 amide bonds. The highest BCUT2D eigenvalue weighted by molar-refractivity contribution is 5.97. The highest BCUT2D eigenvalue weighted by atomic mass is 16.5. The molecular formula is C18H22N2O4. The van der Waals surface area contributed by atoms with Gasteiger partial charge in [-0.3, -0.25) is 4.79 Å². The van der Waals surface area contributed by atoms with Crippen LogP contribution in [0.25, 0.3) is 0 Å². The van der Waals surface area contributed by atoms with E-state index < -0.39 is 24.1 Å². The quantitative estimate of drug-likeness (QED) is 0.735. The van der Waals surface area contributed by atoms with Crippen LogP contribution in [0.5, 0.6) is 0 Å². The number of para-hydroxylation sites is 1. The molecule has 3 N–H and O–H groups in total. The number of amides is 1. The van der Waals surface area contributed by atoms with Crippen molar-refractivity contribution in [3.05, 3.63) is 52.8 Å². The minimum atomic E-state index is -0.948. The molecule has 0 saturated heterocycles. The van der Waals surface area contributed by atoms with E-state index in [0.29, 0.717) is 22.5 Å². The van der Waals surface area contributed by atoms with E-state index >= 15 is 0 Å². The van der Waals surface area contributed by atoms with Gasteiger partial charge in [0.2, 0.25) is 0 Å². The number of hydrogen-bond donors (Lipinski definition) is 3. The van der Waals surface area contributed by atoms with Gasteiger partial charge in [-0.15, -0.1) is 0 Å². The first kappa shape index (κ1) is 17.7. The number of rotatable bonds is 5. The van der Waals surface area contributed by atoms with Gasteiger partial charge < -0.3 is 20.1 Å². The topological polar surface area (TPSA) is 91.4 Å². The summed E-state index contributed by atoms with van der Waals surface area (Å²) in [5.41, 5.74) is 2.89. The summed E-state index contributed by atoms with van der Waals surface area (Å²) in [6.45, 7) is 6.65. The average molecular weight is 330 g/mol. The van der Waals surface area contributed by atoms with Gasteiger partial charge in [-0.1, -0.05) is 18.2 Å². The summed E-state index contributed by atoms with van der Waals surface area (Å²) < 4.78 is 5.24. The third-order valence-electron chi connectivity index (χ3n) is 3.81. The molecule has 0 bridgehead atoms. The molecular weight excluding hydrogens is 308 g/mol. The minimum absolute atomic E-state index is 0.253. The van der Waals surface area contributed by atoms with E-state index in [0.717, 1.165) is 0 Å². The molecule has 1 heterocycles. The van der Waals surface area contributed by atoms with Crippen molar-refractivity contribution >= 4 is 17.6 Å². The number of ether oxygens (including phenoxy) is 1. The molecule has 1 aromatic carbocycles. The SMILES string of the molecule is Cc1[nH]c(C(=O)O[C@H](C)C(=O)Nc2ccccc2)c(C)c1[C@H](C)O. The number of aliphatic hydroxyl groups is 1. The van der Waals surface area contributed by atoms with Crippen LogP contribution in [0.3, 0.4) is 0 Å². The summed E-state index contributed by atoms with van der Waals surface area (Å²) in [5, 5.41) is 12.5. The number of aliphatic hydroxyl groups excluding tert-OH is 1. The van der Waals surface area contributed by atoms with Crippen molar-refractivity contribution in [1.29, 1.82) is 0 Å². The van der Waals surface area contributed by atoms with E-state index in [1.54, 1.807) is 45.0 Å². The molecule has 1 aromatic heterocycles. The van der Waals surface area contributed by atoms with Crippen molar-refractivity contribution < 1.29 is 19.4 Å². The number of H-pyrrole nitrogens is 1. The molecule has 2 aromatic rings. The number of carbonyl (C=O) groups excluding carboxylic acids is 2. The van der Waals surface area contributed by atoms with Crippen molar-refractivity contribution in [2.45, 2.75) is 39.9 Å². The van der Waals surface area contributed by atoms with Crippen LogP contribution in [-0.2, 0) is 9.53 Å². The summed E-state index contributed by atoms with van der Waals surface area (Å²) in [5.74, 6) is -1.04. The van der Waals surface area contributed by atoms with Gasteiger partial charge in [-0.05, 0) is 45.4 Å². The van der Waals surface area contributed by atoms with Gasteiger partial charge in [0.05, 0.1) is 6.10 Å². The van der Waals surface area contributed by atoms with Crippen LogP contribution in [0.1, 0.15) is 47.3 Å². The highest BCUT2D eigenvalue weighted by Crippen LogP contribution is 2.25. The van der Waals surface area contributed by atoms with Crippen molar-refractivity contribution in [1.82, 2.24) is 4.98 Å². The number of nitrogens with one attached hydrogen (secondary N) is 2. The standard InChI is InChI=1S/C18H22N2O4/c1-10-15(12(3)21)11(2)19-16(10)18(23)24-13(4)17(22)20-14-8-6-5-7-9-14/h5-9,12-13,19,21H,1-4H3,(H,20,22)/t12-,13+/m0/s1. The molecule has 0 fully saturated rings. The maximum atomic E-state index is 12.3. The van der Waals surface area contributed by atoms with E-state index in [9.17, 15) is 14.7 Å². The lowest BCUT2D eigenvalue weighted by Crippen LogP contribution is -2.30. The largest absolute Gasteiger partial charge is 0.448 e. The Labute approximate surface area is 140 Å². The number of aromatic amines is 1. The van der Waals surface area contributed by atoms with Gasteiger partial charge in [0.1, 0.15) is 5.69 Å². The summed E-state index contributed by atoms with van der Waals surface area (Å²) in [4.78, 5) is 27.3. The number of aromatic nitrogens is 1. The molecule has 128 valence electrons. The Balaban J connectivity index is 2.06. The fourth-order valence-electron chi connectivity index (χ4n) is 2.63. The van der Waals surface area contributed by atoms with Gasteiger partial charge in [0.15, 0.2) is 6.10 Å². The number of aryl methyl sites for hydroxylation is 1. The van der Waals surface area contributed by atoms with E-state index in [1.807, 2.05) is 6.07 Å². The van der Waals surface area contributed by atoms with E-state index in [1.165, 1.54) is 6.92 Å². The van der Waals surface area contributed by atoms with Crippen LogP contribution in [0.4, 0.5) is 5.69 Å². The van der Waals surface area contributed by atoms with Crippen molar-refractivity contribution in [3.8, 4) is 0 Å². The molecule has 0 radical (unpaired) electrons. The predicted molar refractivity (Wildman–Crippen MR) is 90.8 cm³/mol. The maximum absolute atomic E-state index is 12.3. The summed E-state index contributed by atoms with van der Waals surface area (Å²) in [6, 6.07) is 8.94. The Hall–Kier alpha value is -2.60. The highest BCUT2D eigenvalue weighted by Gasteiger charge is 2.24. The van der Waals surface area contributed by atoms with E-state index in [4.69, 9.17) is 4.74 Å². The molecule has 0 unspecified atom stereocenters. The van der Waals surface area contributed by atoms with Crippen molar-refractivity contribution in [2.75, 3.05) is 5.32 Å². The van der Waals surface area contributed by atoms with Crippen LogP contribution in [0.15, 0.2) is 30.3 Å². The molecule has 0 aliphatic rings. The number of hydrogen-bond acceptors (Lipinski definition) is 4. The van der Waals surface area contributed by atoms with Crippen LogP contribution in [0, 0.1) is 13.8 Å². The van der Waals surface area contributed by atoms with Gasteiger partial charge in [0, 0.05) is 16.9 Å². The van der Waals surface area contributed by atoms with Crippen LogP contribution in [0.2, 0.25) is 0 Å². The fourth-order valence-corrected chi connectivity index (χ4v) is 2.63. The number of carbonyl (C=O) groups is 2. The molecule has 6 nitrogen and oxygen atoms in total. The molecule has 2 rings (SSSR count). The molecule has 0 saturated carbocycles. The third kappa shape index (κ3) is 3.83. The van der Waals surface area contributed by atoms with Crippen LogP contribution >= 0.6 is 0 Å². The number of anilines is 1. The first-order chi connectivity index (χ1) is 11.3. The van der Waals surface area contributed by atoms with Gasteiger partial charge in [-0.25, -0.2) is 4.79 Å². The third-order valence-corrected chi connectivity index (χ3v) is 3.81. The zero-order valence-electron chi connectivity index (χ0n) is 14.2. The summed E-state index contributed by atoms with van der Waals surface area (Å²) in [7, 11) is 0. The monoisotopic (exact) mass is 330 g/mol. The molecule has 0 spiro atoms. The second-order valence-electron chi connectivity index (χ2n) is 5.74. The lowest BCUT2D eigenvalue weighted by molar-refractivity contribution is -0.123. The Bertz CT molecular complexity index is 735. The summed E-state index contributed by atoms with van der Waals surface area (Å²) in [6.07, 6.45) is -1.64. The van der Waals surface area contributed by atoms with Crippen LogP contribution in [-0.4, -0.2) is 28.1 Å². The van der Waals surface area contributed by atoms with Crippen molar-refractivity contribution in [3.63, 3.8) is 0 Å². The molecule has 24 heavy (non-hydrogen) atoms. The maximum Gasteiger partial charge on any atom is 0.355 e. The molecule has 0 aliphatic heterocycles. The Morgan fingerprint density at radius 3 is 2.33 bits per heavy atom. The predicted octanol–water partition coefficient (Wildman–Crippen LogP) is 2.87. The second-order valence-corrected chi connectivity index (χ2v) is 5.74. The molecule has 6 heteroatoms. The smallest absolute Gasteiger partial charge is 0.355 e. The zero-order chi connectivity index (χ0) is 17.9. The van der Waals surface area contributed by atoms with Crippen LogP contribution < -0.4 is 5.32 Å². The fraction of sp³-hybridized carbons (Fsp3) is 0.333. The average Bonchev–Trinajstić information content (AvgIpc) is 2.83. The molecule has 0 aliphatic carbocycles. The number of benzene rings is 1. The first-order valence-corrected chi connectivity index (χ1v) is 7.75. The summed E-state index contributed by atoms with van der Waals surface area (Å²) >= 11 is 0. The van der Waals surface area contributed by atoms with Gasteiger partial charge in [-0.2, -0.15) is 0 Å². The molecule has 2 atom stereocenters. The normalized spacial score (nSPS) is 13.2.